The summed E-state index contributed by atoms with van der Waals surface area (Å²) in [5, 5.41) is 22.3. The van der Waals surface area contributed by atoms with Crippen molar-refractivity contribution in [3.63, 3.8) is 0 Å². The molecule has 0 fully saturated rings. The van der Waals surface area contributed by atoms with Crippen LogP contribution in [0.25, 0.3) is 27.7 Å². The lowest BCUT2D eigenvalue weighted by Crippen LogP contribution is -2.40. The van der Waals surface area contributed by atoms with E-state index in [1.54, 1.807) is 12.1 Å². The van der Waals surface area contributed by atoms with E-state index in [0.717, 1.165) is 15.4 Å². The summed E-state index contributed by atoms with van der Waals surface area (Å²) in [6, 6.07) is 19.9. The molecule has 1 aromatic heterocycles. The smallest absolute Gasteiger partial charge is 0.303 e. The number of halogens is 1. The van der Waals surface area contributed by atoms with Gasteiger partial charge in [0.15, 0.2) is 0 Å². The van der Waals surface area contributed by atoms with Gasteiger partial charge < -0.3 is 10.1 Å². The van der Waals surface area contributed by atoms with E-state index in [-0.39, 0.29) is 24.1 Å². The largest absolute Gasteiger partial charge is 0.481 e. The number of hydrazine groups is 1. The van der Waals surface area contributed by atoms with Crippen molar-refractivity contribution in [1.29, 1.82) is 0 Å². The van der Waals surface area contributed by atoms with Gasteiger partial charge in [0.05, 0.1) is 28.6 Å². The minimum Gasteiger partial charge on any atom is -0.481 e. The van der Waals surface area contributed by atoms with Crippen LogP contribution in [0.3, 0.4) is 0 Å². The molecule has 3 aromatic carbocycles. The molecule has 1 atom stereocenters. The Morgan fingerprint density at radius 3 is 2.38 bits per heavy atom. The first kappa shape index (κ1) is 25.9. The molecule has 2 heterocycles. The van der Waals surface area contributed by atoms with Crippen molar-refractivity contribution in [3.8, 4) is 11.1 Å². The van der Waals surface area contributed by atoms with Crippen LogP contribution in [0.4, 0.5) is 5.69 Å². The Balaban J connectivity index is 1.69. The zero-order valence-electron chi connectivity index (χ0n) is 20.3. The summed E-state index contributed by atoms with van der Waals surface area (Å²) in [6.45, 7) is 0. The first-order chi connectivity index (χ1) is 18.7. The number of benzene rings is 3. The number of hydrogen-bond acceptors (Lipinski definition) is 6. The molecule has 5 rings (SSSR count). The maximum atomic E-state index is 13.5. The van der Waals surface area contributed by atoms with Crippen LogP contribution in [0.5, 0.6) is 0 Å². The fourth-order valence-electron chi connectivity index (χ4n) is 4.63. The molecule has 11 heteroatoms. The number of nitro benzene ring substituents is 1. The number of aliphatic carboxylic acids is 1. The van der Waals surface area contributed by atoms with Crippen LogP contribution in [0.15, 0.2) is 88.1 Å². The van der Waals surface area contributed by atoms with Crippen molar-refractivity contribution in [2.45, 2.75) is 18.9 Å². The number of nitrogens with zero attached hydrogens (tertiary/aromatic N) is 2. The van der Waals surface area contributed by atoms with Crippen molar-refractivity contribution in [3.05, 3.63) is 115 Å². The molecule has 0 saturated heterocycles. The number of pyridine rings is 1. The molecule has 0 bridgehead atoms. The molecule has 1 aliphatic heterocycles. The third kappa shape index (κ3) is 5.16. The molecular formula is C28H21BrN4O6. The molecule has 10 nitrogen and oxygen atoms in total. The van der Waals surface area contributed by atoms with Gasteiger partial charge in [-0.1, -0.05) is 46.3 Å². The number of carbonyl (C=O) groups excluding carboxylic acids is 1. The summed E-state index contributed by atoms with van der Waals surface area (Å²) < 4.78 is 0.813. The molecule has 0 radical (unpaired) electrons. The Kier molecular flexibility index (Phi) is 6.99. The van der Waals surface area contributed by atoms with Crippen LogP contribution in [0, 0.1) is 10.1 Å². The first-order valence-electron chi connectivity index (χ1n) is 11.9. The topological polar surface area (TPSA) is 146 Å². The summed E-state index contributed by atoms with van der Waals surface area (Å²) in [6.07, 6.45) is 1.04. The van der Waals surface area contributed by atoms with Gasteiger partial charge in [-0.3, -0.25) is 29.9 Å². The Hall–Kier alpha value is -4.77. The molecule has 0 aliphatic carbocycles. The Morgan fingerprint density at radius 1 is 1.00 bits per heavy atom. The van der Waals surface area contributed by atoms with Gasteiger partial charge in [-0.25, -0.2) is 5.01 Å². The van der Waals surface area contributed by atoms with Crippen molar-refractivity contribution in [2.75, 3.05) is 0 Å². The highest BCUT2D eigenvalue weighted by molar-refractivity contribution is 9.10. The highest BCUT2D eigenvalue weighted by Crippen LogP contribution is 2.38. The lowest BCUT2D eigenvalue weighted by molar-refractivity contribution is -0.384. The minimum absolute atomic E-state index is 0.111. The maximum Gasteiger partial charge on any atom is 0.303 e. The Bertz CT molecular complexity index is 1700. The van der Waals surface area contributed by atoms with Crippen LogP contribution in [0.1, 0.15) is 30.0 Å². The van der Waals surface area contributed by atoms with Crippen molar-refractivity contribution in [2.24, 2.45) is 0 Å². The van der Waals surface area contributed by atoms with Gasteiger partial charge in [-0.2, -0.15) is 0 Å². The first-order valence-corrected chi connectivity index (χ1v) is 12.7. The number of fused-ring (bicyclic) bond motifs is 1. The van der Waals surface area contributed by atoms with Crippen LogP contribution in [-0.4, -0.2) is 31.9 Å². The molecule has 4 aromatic rings. The lowest BCUT2D eigenvalue weighted by Gasteiger charge is -2.25. The van der Waals surface area contributed by atoms with E-state index in [4.69, 9.17) is 5.11 Å². The minimum atomic E-state index is -1.12. The van der Waals surface area contributed by atoms with Crippen molar-refractivity contribution in [1.82, 2.24) is 15.4 Å². The third-order valence-corrected chi connectivity index (χ3v) is 6.91. The van der Waals surface area contributed by atoms with E-state index >= 15 is 0 Å². The fourth-order valence-corrected chi connectivity index (χ4v) is 4.99. The van der Waals surface area contributed by atoms with E-state index in [0.29, 0.717) is 27.9 Å². The van der Waals surface area contributed by atoms with Gasteiger partial charge in [0.25, 0.3) is 11.2 Å². The SMILES string of the molecule is O=C(O)CCC(=O)N1NC(c2c(-c3ccccc3)c3cc(Br)ccc3[nH]c2=O)=C[C@H]1c1ccc([N+](=O)[O-])cc1. The lowest BCUT2D eigenvalue weighted by atomic mass is 9.94. The quantitative estimate of drug-likeness (QED) is 0.199. The monoisotopic (exact) mass is 588 g/mol. The summed E-state index contributed by atoms with van der Waals surface area (Å²) in [5.74, 6) is -1.63. The van der Waals surface area contributed by atoms with E-state index in [2.05, 4.69) is 26.3 Å². The number of carboxylic acid groups (broad SMARTS) is 1. The van der Waals surface area contributed by atoms with E-state index < -0.39 is 22.8 Å². The fraction of sp³-hybridized carbons (Fsp3) is 0.107. The number of H-pyrrole nitrogens is 1. The zero-order valence-corrected chi connectivity index (χ0v) is 21.8. The van der Waals surface area contributed by atoms with Crippen molar-refractivity contribution < 1.29 is 19.6 Å². The number of non-ortho nitro benzene ring substituents is 1. The van der Waals surface area contributed by atoms with Crippen LogP contribution < -0.4 is 11.0 Å². The number of nitro groups is 1. The second-order valence-corrected chi connectivity index (χ2v) is 9.82. The number of carbonyl (C=O) groups is 2. The van der Waals surface area contributed by atoms with Crippen LogP contribution >= 0.6 is 15.9 Å². The molecule has 39 heavy (non-hydrogen) atoms. The number of carboxylic acids is 1. The molecule has 0 saturated carbocycles. The second kappa shape index (κ2) is 10.5. The number of aromatic nitrogens is 1. The van der Waals surface area contributed by atoms with Gasteiger partial charge in [0.2, 0.25) is 5.91 Å². The van der Waals surface area contributed by atoms with E-state index in [9.17, 15) is 24.5 Å². The molecule has 196 valence electrons. The van der Waals surface area contributed by atoms with Gasteiger partial charge in [-0.15, -0.1) is 0 Å². The summed E-state index contributed by atoms with van der Waals surface area (Å²) in [5.41, 5.74) is 5.80. The number of nitrogens with one attached hydrogen (secondary N) is 2. The second-order valence-electron chi connectivity index (χ2n) is 8.90. The van der Waals surface area contributed by atoms with Gasteiger partial charge in [-0.05, 0) is 47.5 Å². The van der Waals surface area contributed by atoms with Crippen LogP contribution in [0.2, 0.25) is 0 Å². The third-order valence-electron chi connectivity index (χ3n) is 6.42. The number of aromatic amines is 1. The maximum absolute atomic E-state index is 13.5. The predicted molar refractivity (Wildman–Crippen MR) is 148 cm³/mol. The van der Waals surface area contributed by atoms with E-state index in [1.807, 2.05) is 42.5 Å². The van der Waals surface area contributed by atoms with Gasteiger partial charge >= 0.3 is 5.97 Å². The highest BCUT2D eigenvalue weighted by Gasteiger charge is 2.33. The molecule has 3 N–H and O–H groups in total. The summed E-state index contributed by atoms with van der Waals surface area (Å²) in [7, 11) is 0. The Morgan fingerprint density at radius 2 is 1.72 bits per heavy atom. The zero-order chi connectivity index (χ0) is 27.7. The Labute approximate surface area is 229 Å². The van der Waals surface area contributed by atoms with Gasteiger partial charge in [0, 0.05) is 39.5 Å². The number of rotatable bonds is 7. The summed E-state index contributed by atoms with van der Waals surface area (Å²) in [4.78, 5) is 51.4. The summed E-state index contributed by atoms with van der Waals surface area (Å²) >= 11 is 3.51. The average molecular weight is 589 g/mol. The average Bonchev–Trinajstić information content (AvgIpc) is 3.37. The number of amides is 1. The molecule has 1 aliphatic rings. The predicted octanol–water partition coefficient (Wildman–Crippen LogP) is 5.16. The van der Waals surface area contributed by atoms with Crippen molar-refractivity contribution >= 4 is 50.1 Å². The van der Waals surface area contributed by atoms with E-state index in [1.165, 1.54) is 29.3 Å². The number of hydrogen-bond donors (Lipinski definition) is 3. The molecule has 1 amide bonds. The molecule has 0 unspecified atom stereocenters. The normalized spacial score (nSPS) is 14.6. The standard InChI is InChI=1S/C28H21BrN4O6/c29-18-8-11-21-20(14-18)26(17-4-2-1-3-5-17)27(28(37)30-21)22-15-23(16-6-9-19(10-7-16)33(38)39)32(31-22)24(34)12-13-25(35)36/h1-11,14-15,23,31H,12-13H2,(H,30,37)(H,35,36)/t23-/m0/s1. The highest BCUT2D eigenvalue weighted by atomic mass is 79.9. The molecular weight excluding hydrogens is 568 g/mol. The van der Waals surface area contributed by atoms with Crippen LogP contribution in [-0.2, 0) is 9.59 Å². The van der Waals surface area contributed by atoms with Gasteiger partial charge in [0.1, 0.15) is 0 Å². The molecule has 0 spiro atoms.